The van der Waals surface area contributed by atoms with Gasteiger partial charge in [0.2, 0.25) is 0 Å². The van der Waals surface area contributed by atoms with Gasteiger partial charge in [-0.05, 0) is 13.0 Å². The Morgan fingerprint density at radius 2 is 2.31 bits per heavy atom. The second kappa shape index (κ2) is 3.89. The number of rotatable bonds is 2. The highest BCUT2D eigenvalue weighted by molar-refractivity contribution is 5.79. The Bertz CT molecular complexity index is 224. The van der Waals surface area contributed by atoms with Gasteiger partial charge in [-0.15, -0.1) is 0 Å². The fourth-order valence-electron chi connectivity index (χ4n) is 1.22. The van der Waals surface area contributed by atoms with Crippen LogP contribution >= 0.6 is 0 Å². The van der Waals surface area contributed by atoms with E-state index in [0.717, 1.165) is 0 Å². The molecule has 1 unspecified atom stereocenters. The second-order valence-electron chi connectivity index (χ2n) is 3.08. The quantitative estimate of drug-likeness (QED) is 0.474. The van der Waals surface area contributed by atoms with Gasteiger partial charge in [0.15, 0.2) is 11.9 Å². The molecule has 0 radical (unpaired) electrons. The van der Waals surface area contributed by atoms with Crippen LogP contribution in [-0.4, -0.2) is 32.1 Å². The third-order valence-corrected chi connectivity index (χ3v) is 2.03. The van der Waals surface area contributed by atoms with Crippen LogP contribution in [0.5, 0.6) is 0 Å². The molecule has 13 heavy (non-hydrogen) atoms. The molecule has 1 aliphatic rings. The number of ether oxygens (including phenoxy) is 3. The van der Waals surface area contributed by atoms with E-state index in [1.165, 1.54) is 14.2 Å². The van der Waals surface area contributed by atoms with Crippen LogP contribution in [0.3, 0.4) is 0 Å². The molecule has 0 saturated heterocycles. The molecule has 74 valence electrons. The average Bonchev–Trinajstić information content (AvgIpc) is 2.16. The third kappa shape index (κ3) is 2.08. The Morgan fingerprint density at radius 1 is 1.62 bits per heavy atom. The molecule has 0 aromatic carbocycles. The molecule has 1 rings (SSSR count). The van der Waals surface area contributed by atoms with E-state index < -0.39 is 11.9 Å². The van der Waals surface area contributed by atoms with E-state index in [4.69, 9.17) is 9.47 Å². The predicted molar refractivity (Wildman–Crippen MR) is 46.1 cm³/mol. The van der Waals surface area contributed by atoms with Gasteiger partial charge < -0.3 is 14.2 Å². The summed E-state index contributed by atoms with van der Waals surface area (Å²) in [7, 11) is 2.87. The van der Waals surface area contributed by atoms with E-state index in [-0.39, 0.29) is 5.97 Å². The van der Waals surface area contributed by atoms with Gasteiger partial charge in [0.05, 0.1) is 7.11 Å². The highest BCUT2D eigenvalue weighted by Crippen LogP contribution is 2.25. The van der Waals surface area contributed by atoms with Crippen molar-refractivity contribution in [1.29, 1.82) is 0 Å². The van der Waals surface area contributed by atoms with Crippen molar-refractivity contribution in [2.75, 3.05) is 14.2 Å². The Morgan fingerprint density at radius 3 is 2.85 bits per heavy atom. The maximum Gasteiger partial charge on any atom is 0.338 e. The van der Waals surface area contributed by atoms with Crippen molar-refractivity contribution in [1.82, 2.24) is 0 Å². The minimum atomic E-state index is -0.913. The normalized spacial score (nSPS) is 33.0. The maximum atomic E-state index is 11.3. The number of hydrogen-bond donors (Lipinski definition) is 0. The van der Waals surface area contributed by atoms with Gasteiger partial charge >= 0.3 is 5.97 Å². The van der Waals surface area contributed by atoms with Crippen molar-refractivity contribution in [3.63, 3.8) is 0 Å². The molecule has 1 heterocycles. The van der Waals surface area contributed by atoms with Crippen LogP contribution in [0, 0.1) is 0 Å². The van der Waals surface area contributed by atoms with Crippen LogP contribution in [-0.2, 0) is 19.0 Å². The lowest BCUT2D eigenvalue weighted by Gasteiger charge is -2.31. The van der Waals surface area contributed by atoms with E-state index in [1.807, 2.05) is 6.08 Å². The highest BCUT2D eigenvalue weighted by Gasteiger charge is 2.38. The molecule has 0 saturated carbocycles. The fourth-order valence-corrected chi connectivity index (χ4v) is 1.22. The van der Waals surface area contributed by atoms with Crippen LogP contribution in [0.2, 0.25) is 0 Å². The summed E-state index contributed by atoms with van der Waals surface area (Å²) >= 11 is 0. The van der Waals surface area contributed by atoms with E-state index in [1.54, 1.807) is 13.0 Å². The van der Waals surface area contributed by atoms with Crippen molar-refractivity contribution < 1.29 is 19.0 Å². The fraction of sp³-hybridized carbons (Fsp3) is 0.667. The number of methoxy groups -OCH3 is 2. The summed E-state index contributed by atoms with van der Waals surface area (Å²) in [4.78, 5) is 11.3. The number of esters is 1. The molecule has 0 bridgehead atoms. The Labute approximate surface area is 77.5 Å². The topological polar surface area (TPSA) is 44.8 Å². The number of hydrogen-bond acceptors (Lipinski definition) is 4. The number of carbonyl (C=O) groups is 1. The summed E-state index contributed by atoms with van der Waals surface area (Å²) in [6, 6.07) is 0. The van der Waals surface area contributed by atoms with Crippen LogP contribution in [0.4, 0.5) is 0 Å². The average molecular weight is 186 g/mol. The first-order chi connectivity index (χ1) is 6.12. The zero-order chi connectivity index (χ0) is 9.90. The summed E-state index contributed by atoms with van der Waals surface area (Å²) < 4.78 is 15.0. The molecular formula is C9H14O4. The molecule has 0 spiro atoms. The van der Waals surface area contributed by atoms with Gasteiger partial charge in [0.1, 0.15) is 0 Å². The largest absolute Gasteiger partial charge is 0.467 e. The van der Waals surface area contributed by atoms with Crippen LogP contribution in [0.1, 0.15) is 13.3 Å². The smallest absolute Gasteiger partial charge is 0.338 e. The van der Waals surface area contributed by atoms with E-state index in [2.05, 4.69) is 4.74 Å². The molecule has 0 aromatic heterocycles. The first kappa shape index (κ1) is 10.2. The van der Waals surface area contributed by atoms with Gasteiger partial charge in [-0.3, -0.25) is 0 Å². The molecular weight excluding hydrogens is 172 g/mol. The van der Waals surface area contributed by atoms with Crippen molar-refractivity contribution in [3.8, 4) is 0 Å². The lowest BCUT2D eigenvalue weighted by Crippen LogP contribution is -2.44. The van der Waals surface area contributed by atoms with E-state index >= 15 is 0 Å². The molecule has 0 aromatic rings. The first-order valence-electron chi connectivity index (χ1n) is 4.08. The van der Waals surface area contributed by atoms with E-state index in [9.17, 15) is 4.79 Å². The molecule has 4 heteroatoms. The van der Waals surface area contributed by atoms with Crippen LogP contribution in [0.25, 0.3) is 0 Å². The van der Waals surface area contributed by atoms with Gasteiger partial charge in [-0.2, -0.15) is 0 Å². The van der Waals surface area contributed by atoms with Crippen molar-refractivity contribution in [2.24, 2.45) is 0 Å². The van der Waals surface area contributed by atoms with Crippen molar-refractivity contribution in [3.05, 3.63) is 12.2 Å². The van der Waals surface area contributed by atoms with Crippen molar-refractivity contribution >= 4 is 5.97 Å². The summed E-state index contributed by atoms with van der Waals surface area (Å²) in [5.41, 5.74) is -0.913. The molecule has 0 fully saturated rings. The van der Waals surface area contributed by atoms with Gasteiger partial charge in [-0.1, -0.05) is 6.08 Å². The summed E-state index contributed by atoms with van der Waals surface area (Å²) in [6.45, 7) is 1.69. The maximum absolute atomic E-state index is 11.3. The van der Waals surface area contributed by atoms with Gasteiger partial charge in [0, 0.05) is 13.5 Å². The SMILES string of the molecule is COC(=O)C1(C)CC=C[C@@H](OC)O1. The third-order valence-electron chi connectivity index (χ3n) is 2.03. The molecule has 0 aliphatic carbocycles. The zero-order valence-corrected chi connectivity index (χ0v) is 8.07. The Balaban J connectivity index is 2.71. The highest BCUT2D eigenvalue weighted by atomic mass is 16.7. The molecule has 0 N–H and O–H groups in total. The van der Waals surface area contributed by atoms with Crippen LogP contribution < -0.4 is 0 Å². The monoisotopic (exact) mass is 186 g/mol. The van der Waals surface area contributed by atoms with Crippen LogP contribution in [0.15, 0.2) is 12.2 Å². The molecule has 0 amide bonds. The molecule has 2 atom stereocenters. The van der Waals surface area contributed by atoms with Gasteiger partial charge in [-0.25, -0.2) is 4.79 Å². The summed E-state index contributed by atoms with van der Waals surface area (Å²) in [5.74, 6) is -0.376. The number of carbonyl (C=O) groups excluding carboxylic acids is 1. The molecule has 1 aliphatic heterocycles. The van der Waals surface area contributed by atoms with Crippen molar-refractivity contribution in [2.45, 2.75) is 25.2 Å². The van der Waals surface area contributed by atoms with Gasteiger partial charge in [0.25, 0.3) is 0 Å². The van der Waals surface area contributed by atoms with E-state index in [0.29, 0.717) is 6.42 Å². The first-order valence-corrected chi connectivity index (χ1v) is 4.08. The molecule has 4 nitrogen and oxygen atoms in total. The summed E-state index contributed by atoms with van der Waals surface area (Å²) in [5, 5.41) is 0. The second-order valence-corrected chi connectivity index (χ2v) is 3.08. The zero-order valence-electron chi connectivity index (χ0n) is 8.07. The Kier molecular flexibility index (Phi) is 3.06. The minimum Gasteiger partial charge on any atom is -0.467 e. The minimum absolute atomic E-state index is 0.376. The lowest BCUT2D eigenvalue weighted by atomic mass is 10.00. The predicted octanol–water partition coefficient (Wildman–Crippen LogP) is 0.867. The standard InChI is InChI=1S/C9H14O4/c1-9(8(10)12-3)6-4-5-7(11-2)13-9/h4-5,7H,6H2,1-3H3/t7-,9?/m0/s1. The Hall–Kier alpha value is -0.870. The summed E-state index contributed by atoms with van der Waals surface area (Å²) in [6.07, 6.45) is 3.68. The lowest BCUT2D eigenvalue weighted by molar-refractivity contribution is -0.201.